The summed E-state index contributed by atoms with van der Waals surface area (Å²) in [7, 11) is -4.37. The molecule has 3 rings (SSSR count). The van der Waals surface area contributed by atoms with Crippen LogP contribution >= 0.6 is 0 Å². The SMILES string of the molecule is O=C(NNC(=O)c1cccc([N+](=O)[O-])c1)c1ccc(OS(=O)(=O)c2cccc([N+](=O)[O-])c2)cc1. The average molecular weight is 486 g/mol. The Morgan fingerprint density at radius 2 is 1.26 bits per heavy atom. The molecule has 0 saturated heterocycles. The second-order valence-corrected chi connectivity index (χ2v) is 8.08. The molecule has 0 atom stereocenters. The van der Waals surface area contributed by atoms with Crippen molar-refractivity contribution >= 4 is 33.3 Å². The molecule has 2 amide bonds. The van der Waals surface area contributed by atoms with Crippen LogP contribution in [0, 0.1) is 20.2 Å². The van der Waals surface area contributed by atoms with E-state index in [9.17, 15) is 38.2 Å². The molecule has 0 saturated carbocycles. The number of amides is 2. The summed E-state index contributed by atoms with van der Waals surface area (Å²) in [5.74, 6) is -1.71. The van der Waals surface area contributed by atoms with Gasteiger partial charge < -0.3 is 4.18 Å². The van der Waals surface area contributed by atoms with Crippen LogP contribution < -0.4 is 15.0 Å². The molecule has 3 aromatic carbocycles. The third kappa shape index (κ3) is 5.68. The number of non-ortho nitro benzene ring substituents is 2. The van der Waals surface area contributed by atoms with Crippen LogP contribution in [0.1, 0.15) is 20.7 Å². The number of nitro groups is 2. The maximum Gasteiger partial charge on any atom is 0.339 e. The molecule has 0 heterocycles. The van der Waals surface area contributed by atoms with Crippen molar-refractivity contribution in [1.29, 1.82) is 0 Å². The highest BCUT2D eigenvalue weighted by atomic mass is 32.2. The highest BCUT2D eigenvalue weighted by Crippen LogP contribution is 2.22. The standard InChI is InChI=1S/C20H14N4O9S/c25-19(21-22-20(26)14-3-1-4-15(11-14)23(27)28)13-7-9-17(10-8-13)33-34(31,32)18-6-2-5-16(12-18)24(29)30/h1-12H,(H,21,25)(H,22,26). The van der Waals surface area contributed by atoms with E-state index in [0.717, 1.165) is 24.3 Å². The van der Waals surface area contributed by atoms with E-state index in [4.69, 9.17) is 4.18 Å². The lowest BCUT2D eigenvalue weighted by Crippen LogP contribution is -2.41. The maximum absolute atomic E-state index is 12.4. The monoisotopic (exact) mass is 486 g/mol. The molecule has 0 fully saturated rings. The zero-order chi connectivity index (χ0) is 24.9. The molecule has 13 nitrogen and oxygen atoms in total. The topological polar surface area (TPSA) is 188 Å². The summed E-state index contributed by atoms with van der Waals surface area (Å²) in [5.41, 5.74) is 3.49. The Morgan fingerprint density at radius 1 is 0.735 bits per heavy atom. The third-order valence-corrected chi connectivity index (χ3v) is 5.49. The molecule has 0 spiro atoms. The van der Waals surface area contributed by atoms with Gasteiger partial charge in [0.25, 0.3) is 23.2 Å². The quantitative estimate of drug-likeness (QED) is 0.287. The second kappa shape index (κ2) is 9.74. The maximum atomic E-state index is 12.4. The van der Waals surface area contributed by atoms with E-state index in [0.29, 0.717) is 0 Å². The number of hydrazine groups is 1. The van der Waals surface area contributed by atoms with Gasteiger partial charge in [-0.3, -0.25) is 40.7 Å². The predicted molar refractivity (Wildman–Crippen MR) is 115 cm³/mol. The molecule has 0 unspecified atom stereocenters. The van der Waals surface area contributed by atoms with Crippen molar-refractivity contribution in [2.24, 2.45) is 0 Å². The first-order valence-corrected chi connectivity index (χ1v) is 10.6. The minimum atomic E-state index is -4.37. The van der Waals surface area contributed by atoms with E-state index < -0.39 is 42.4 Å². The van der Waals surface area contributed by atoms with Gasteiger partial charge >= 0.3 is 10.1 Å². The lowest BCUT2D eigenvalue weighted by Gasteiger charge is -2.09. The highest BCUT2D eigenvalue weighted by molar-refractivity contribution is 7.87. The van der Waals surface area contributed by atoms with Gasteiger partial charge in [-0.15, -0.1) is 0 Å². The summed E-state index contributed by atoms with van der Waals surface area (Å²) in [6.07, 6.45) is 0. The fraction of sp³-hybridized carbons (Fsp3) is 0. The molecule has 0 aliphatic rings. The summed E-state index contributed by atoms with van der Waals surface area (Å²) in [6.45, 7) is 0. The Hall–Kier alpha value is -4.85. The molecule has 2 N–H and O–H groups in total. The largest absolute Gasteiger partial charge is 0.379 e. The lowest BCUT2D eigenvalue weighted by atomic mass is 10.2. The molecule has 34 heavy (non-hydrogen) atoms. The molecular weight excluding hydrogens is 472 g/mol. The number of nitrogens with one attached hydrogen (secondary N) is 2. The van der Waals surface area contributed by atoms with Crippen molar-refractivity contribution in [3.8, 4) is 5.75 Å². The zero-order valence-corrected chi connectivity index (χ0v) is 17.7. The smallest absolute Gasteiger partial charge is 0.339 e. The van der Waals surface area contributed by atoms with Crippen molar-refractivity contribution in [3.05, 3.63) is 104 Å². The van der Waals surface area contributed by atoms with E-state index in [1.165, 1.54) is 48.5 Å². The van der Waals surface area contributed by atoms with E-state index in [2.05, 4.69) is 10.9 Å². The van der Waals surface area contributed by atoms with Gasteiger partial charge in [-0.1, -0.05) is 12.1 Å². The van der Waals surface area contributed by atoms with Gasteiger partial charge in [0.15, 0.2) is 0 Å². The van der Waals surface area contributed by atoms with Crippen LogP contribution in [-0.2, 0) is 10.1 Å². The molecule has 0 radical (unpaired) electrons. The van der Waals surface area contributed by atoms with E-state index in [1.807, 2.05) is 0 Å². The Labute approximate surface area is 191 Å². The summed E-state index contributed by atoms with van der Waals surface area (Å²) >= 11 is 0. The molecule has 174 valence electrons. The van der Waals surface area contributed by atoms with Gasteiger partial charge in [-0.25, -0.2) is 0 Å². The molecule has 14 heteroatoms. The van der Waals surface area contributed by atoms with Crippen LogP contribution in [0.5, 0.6) is 5.75 Å². The van der Waals surface area contributed by atoms with E-state index >= 15 is 0 Å². The first kappa shape index (κ1) is 23.8. The van der Waals surface area contributed by atoms with Crippen LogP contribution in [0.4, 0.5) is 11.4 Å². The number of hydrogen-bond acceptors (Lipinski definition) is 9. The average Bonchev–Trinajstić information content (AvgIpc) is 2.82. The minimum Gasteiger partial charge on any atom is -0.379 e. The number of rotatable bonds is 7. The molecule has 0 aliphatic heterocycles. The Balaban J connectivity index is 1.64. The number of nitro benzene ring substituents is 2. The van der Waals surface area contributed by atoms with Crippen LogP contribution in [0.3, 0.4) is 0 Å². The summed E-state index contributed by atoms with van der Waals surface area (Å²) in [6, 6.07) is 14.0. The van der Waals surface area contributed by atoms with Crippen LogP contribution in [0.25, 0.3) is 0 Å². The van der Waals surface area contributed by atoms with Crippen molar-refractivity contribution in [3.63, 3.8) is 0 Å². The first-order chi connectivity index (χ1) is 16.1. The molecule has 0 aromatic heterocycles. The van der Waals surface area contributed by atoms with Crippen LogP contribution in [0.2, 0.25) is 0 Å². The number of nitrogens with zero attached hydrogens (tertiary/aromatic N) is 2. The van der Waals surface area contributed by atoms with Crippen molar-refractivity contribution < 1.29 is 32.0 Å². The second-order valence-electron chi connectivity index (χ2n) is 6.53. The number of benzene rings is 3. The minimum absolute atomic E-state index is 0.0273. The van der Waals surface area contributed by atoms with E-state index in [1.54, 1.807) is 0 Å². The molecule has 0 aliphatic carbocycles. The van der Waals surface area contributed by atoms with Gasteiger partial charge in [-0.05, 0) is 36.4 Å². The molecule has 0 bridgehead atoms. The summed E-state index contributed by atoms with van der Waals surface area (Å²) < 4.78 is 29.7. The fourth-order valence-corrected chi connectivity index (χ4v) is 3.58. The number of carbonyl (C=O) groups is 2. The van der Waals surface area contributed by atoms with Crippen molar-refractivity contribution in [2.45, 2.75) is 4.90 Å². The number of hydrogen-bond donors (Lipinski definition) is 2. The number of carbonyl (C=O) groups excluding carboxylic acids is 2. The van der Waals surface area contributed by atoms with Gasteiger partial charge in [0.1, 0.15) is 10.6 Å². The molecular formula is C20H14N4O9S. The third-order valence-electron chi connectivity index (χ3n) is 4.25. The van der Waals surface area contributed by atoms with Crippen molar-refractivity contribution in [1.82, 2.24) is 10.9 Å². The van der Waals surface area contributed by atoms with Gasteiger partial charge in [0.2, 0.25) is 0 Å². The first-order valence-electron chi connectivity index (χ1n) is 9.21. The van der Waals surface area contributed by atoms with Gasteiger partial charge in [0, 0.05) is 35.4 Å². The van der Waals surface area contributed by atoms with Crippen molar-refractivity contribution in [2.75, 3.05) is 0 Å². The normalized spacial score (nSPS) is 10.7. The van der Waals surface area contributed by atoms with Gasteiger partial charge in [-0.2, -0.15) is 8.42 Å². The fourth-order valence-electron chi connectivity index (χ4n) is 2.61. The van der Waals surface area contributed by atoms with Crippen LogP contribution in [-0.4, -0.2) is 30.1 Å². The Bertz CT molecular complexity index is 1390. The summed E-state index contributed by atoms with van der Waals surface area (Å²) in [4.78, 5) is 44.1. The lowest BCUT2D eigenvalue weighted by molar-refractivity contribution is -0.385. The molecule has 3 aromatic rings. The van der Waals surface area contributed by atoms with E-state index in [-0.39, 0.29) is 22.6 Å². The van der Waals surface area contributed by atoms with Gasteiger partial charge in [0.05, 0.1) is 9.85 Å². The Morgan fingerprint density at radius 3 is 1.85 bits per heavy atom. The highest BCUT2D eigenvalue weighted by Gasteiger charge is 2.20. The predicted octanol–water partition coefficient (Wildman–Crippen LogP) is 2.35. The zero-order valence-electron chi connectivity index (χ0n) is 16.9. The summed E-state index contributed by atoms with van der Waals surface area (Å²) in [5, 5.41) is 21.6. The Kier molecular flexibility index (Phi) is 6.82. The van der Waals surface area contributed by atoms with Crippen LogP contribution in [0.15, 0.2) is 77.7 Å².